The van der Waals surface area contributed by atoms with Gasteiger partial charge in [-0.2, -0.15) is 0 Å². The monoisotopic (exact) mass is 231 g/mol. The molecule has 0 fully saturated rings. The van der Waals surface area contributed by atoms with E-state index in [4.69, 9.17) is 10.5 Å². The van der Waals surface area contributed by atoms with Gasteiger partial charge in [0.1, 0.15) is 11.9 Å². The van der Waals surface area contributed by atoms with Crippen molar-refractivity contribution in [3.05, 3.63) is 48.0 Å². The summed E-state index contributed by atoms with van der Waals surface area (Å²) in [7, 11) is 0. The Morgan fingerprint density at radius 1 is 1.47 bits per heavy atom. The van der Waals surface area contributed by atoms with Gasteiger partial charge in [0.2, 0.25) is 0 Å². The van der Waals surface area contributed by atoms with Crippen molar-refractivity contribution in [2.75, 3.05) is 5.73 Å². The molecular formula is C13H17N3O. The fourth-order valence-corrected chi connectivity index (χ4v) is 1.72. The summed E-state index contributed by atoms with van der Waals surface area (Å²) in [6.45, 7) is 2.62. The number of nitrogens with two attached hydrogens (primary N) is 1. The van der Waals surface area contributed by atoms with Crippen LogP contribution in [-0.4, -0.2) is 9.97 Å². The summed E-state index contributed by atoms with van der Waals surface area (Å²) in [6.07, 6.45) is 4.44. The standard InChI is InChI=1S/C13H17N3O/c1-2-12(13-15-6-7-16-13)17-9-10-4-3-5-11(14)8-10/h3-8,12H,2,9,14H2,1H3,(H,15,16). The highest BCUT2D eigenvalue weighted by Gasteiger charge is 2.11. The number of aromatic nitrogens is 2. The maximum atomic E-state index is 5.83. The average Bonchev–Trinajstić information content (AvgIpc) is 2.84. The van der Waals surface area contributed by atoms with Gasteiger partial charge < -0.3 is 15.5 Å². The van der Waals surface area contributed by atoms with E-state index in [1.54, 1.807) is 6.20 Å². The Hall–Kier alpha value is -1.81. The van der Waals surface area contributed by atoms with Gasteiger partial charge >= 0.3 is 0 Å². The molecule has 3 N–H and O–H groups in total. The Balaban J connectivity index is 1.97. The lowest BCUT2D eigenvalue weighted by molar-refractivity contribution is 0.0319. The Labute approximate surface area is 101 Å². The van der Waals surface area contributed by atoms with Crippen molar-refractivity contribution in [1.82, 2.24) is 9.97 Å². The van der Waals surface area contributed by atoms with Crippen LogP contribution in [0.1, 0.15) is 30.8 Å². The summed E-state index contributed by atoms with van der Waals surface area (Å²) >= 11 is 0. The molecule has 4 heteroatoms. The van der Waals surface area contributed by atoms with Gasteiger partial charge in [0.15, 0.2) is 0 Å². The molecule has 0 bridgehead atoms. The first-order chi connectivity index (χ1) is 8.29. The molecule has 0 saturated carbocycles. The molecule has 0 aliphatic rings. The summed E-state index contributed by atoms with van der Waals surface area (Å²) in [5.41, 5.74) is 7.56. The van der Waals surface area contributed by atoms with Crippen molar-refractivity contribution in [3.63, 3.8) is 0 Å². The molecule has 90 valence electrons. The van der Waals surface area contributed by atoms with Crippen LogP contribution in [0.5, 0.6) is 0 Å². The average molecular weight is 231 g/mol. The largest absolute Gasteiger partial charge is 0.399 e. The third-order valence-corrected chi connectivity index (χ3v) is 2.60. The van der Waals surface area contributed by atoms with E-state index in [0.717, 1.165) is 23.5 Å². The molecule has 1 unspecified atom stereocenters. The third kappa shape index (κ3) is 3.07. The number of anilines is 1. The first-order valence-electron chi connectivity index (χ1n) is 5.75. The Bertz CT molecular complexity index is 453. The Morgan fingerprint density at radius 2 is 2.35 bits per heavy atom. The minimum absolute atomic E-state index is 0.00595. The number of rotatable bonds is 5. The molecule has 1 aromatic carbocycles. The topological polar surface area (TPSA) is 63.9 Å². The van der Waals surface area contributed by atoms with Crippen LogP contribution >= 0.6 is 0 Å². The molecule has 4 nitrogen and oxygen atoms in total. The Morgan fingerprint density at radius 3 is 3.00 bits per heavy atom. The van der Waals surface area contributed by atoms with Crippen LogP contribution in [0.15, 0.2) is 36.7 Å². The minimum atomic E-state index is 0.00595. The summed E-state index contributed by atoms with van der Waals surface area (Å²) in [6, 6.07) is 7.73. The van der Waals surface area contributed by atoms with E-state index in [9.17, 15) is 0 Å². The maximum absolute atomic E-state index is 5.83. The first-order valence-corrected chi connectivity index (χ1v) is 5.75. The zero-order chi connectivity index (χ0) is 12.1. The molecule has 0 saturated heterocycles. The second-order valence-corrected chi connectivity index (χ2v) is 3.93. The van der Waals surface area contributed by atoms with E-state index in [1.807, 2.05) is 30.5 Å². The fraction of sp³-hybridized carbons (Fsp3) is 0.308. The number of aromatic amines is 1. The molecule has 1 atom stereocenters. The number of ether oxygens (including phenoxy) is 1. The van der Waals surface area contributed by atoms with Crippen molar-refractivity contribution in [3.8, 4) is 0 Å². The highest BCUT2D eigenvalue weighted by atomic mass is 16.5. The SMILES string of the molecule is CCC(OCc1cccc(N)c1)c1ncc[nH]1. The van der Waals surface area contributed by atoms with Gasteiger partial charge in [0.05, 0.1) is 6.61 Å². The molecule has 0 aliphatic heterocycles. The van der Waals surface area contributed by atoms with E-state index >= 15 is 0 Å². The maximum Gasteiger partial charge on any atom is 0.135 e. The van der Waals surface area contributed by atoms with E-state index in [1.165, 1.54) is 0 Å². The molecular weight excluding hydrogens is 214 g/mol. The highest BCUT2D eigenvalue weighted by molar-refractivity contribution is 5.40. The molecule has 0 aliphatic carbocycles. The smallest absolute Gasteiger partial charge is 0.135 e. The molecule has 2 aromatic rings. The van der Waals surface area contributed by atoms with Gasteiger partial charge in [0.25, 0.3) is 0 Å². The van der Waals surface area contributed by atoms with E-state index < -0.39 is 0 Å². The van der Waals surface area contributed by atoms with Crippen LogP contribution in [0.2, 0.25) is 0 Å². The van der Waals surface area contributed by atoms with Gasteiger partial charge in [-0.3, -0.25) is 0 Å². The summed E-state index contributed by atoms with van der Waals surface area (Å²) in [5, 5.41) is 0. The molecule has 1 heterocycles. The zero-order valence-electron chi connectivity index (χ0n) is 9.89. The van der Waals surface area contributed by atoms with E-state index in [-0.39, 0.29) is 6.10 Å². The molecule has 2 rings (SSSR count). The van der Waals surface area contributed by atoms with Gasteiger partial charge in [-0.15, -0.1) is 0 Å². The lowest BCUT2D eigenvalue weighted by Gasteiger charge is -2.13. The van der Waals surface area contributed by atoms with Crippen molar-refractivity contribution in [1.29, 1.82) is 0 Å². The van der Waals surface area contributed by atoms with Gasteiger partial charge in [-0.05, 0) is 24.1 Å². The third-order valence-electron chi connectivity index (χ3n) is 2.60. The Kier molecular flexibility index (Phi) is 3.77. The van der Waals surface area contributed by atoms with E-state index in [2.05, 4.69) is 16.9 Å². The molecule has 0 radical (unpaired) electrons. The molecule has 0 amide bonds. The van der Waals surface area contributed by atoms with Crippen LogP contribution < -0.4 is 5.73 Å². The number of nitrogens with one attached hydrogen (secondary N) is 1. The number of hydrogen-bond donors (Lipinski definition) is 2. The van der Waals surface area contributed by atoms with E-state index in [0.29, 0.717) is 6.61 Å². The number of hydrogen-bond acceptors (Lipinski definition) is 3. The highest BCUT2D eigenvalue weighted by Crippen LogP contribution is 2.19. The zero-order valence-corrected chi connectivity index (χ0v) is 9.89. The van der Waals surface area contributed by atoms with Gasteiger partial charge in [-0.1, -0.05) is 19.1 Å². The number of nitrogens with zero attached hydrogens (tertiary/aromatic N) is 1. The second kappa shape index (κ2) is 5.50. The van der Waals surface area contributed by atoms with Crippen LogP contribution in [0.4, 0.5) is 5.69 Å². The fourth-order valence-electron chi connectivity index (χ4n) is 1.72. The molecule has 1 aromatic heterocycles. The van der Waals surface area contributed by atoms with Crippen LogP contribution in [0.25, 0.3) is 0 Å². The van der Waals surface area contributed by atoms with Crippen molar-refractivity contribution in [2.24, 2.45) is 0 Å². The van der Waals surface area contributed by atoms with Crippen molar-refractivity contribution >= 4 is 5.69 Å². The normalized spacial score (nSPS) is 12.5. The number of H-pyrrole nitrogens is 1. The van der Waals surface area contributed by atoms with Gasteiger partial charge in [0, 0.05) is 18.1 Å². The van der Waals surface area contributed by atoms with Crippen molar-refractivity contribution < 1.29 is 4.74 Å². The molecule has 0 spiro atoms. The molecule has 17 heavy (non-hydrogen) atoms. The summed E-state index contributed by atoms with van der Waals surface area (Å²) in [5.74, 6) is 0.872. The lowest BCUT2D eigenvalue weighted by Crippen LogP contribution is -2.05. The van der Waals surface area contributed by atoms with Crippen molar-refractivity contribution in [2.45, 2.75) is 26.1 Å². The second-order valence-electron chi connectivity index (χ2n) is 3.93. The van der Waals surface area contributed by atoms with Crippen LogP contribution in [0, 0.1) is 0 Å². The lowest BCUT2D eigenvalue weighted by atomic mass is 10.2. The first kappa shape index (κ1) is 11.7. The minimum Gasteiger partial charge on any atom is -0.399 e. The number of imidazole rings is 1. The number of nitrogen functional groups attached to an aromatic ring is 1. The summed E-state index contributed by atoms with van der Waals surface area (Å²) in [4.78, 5) is 7.29. The van der Waals surface area contributed by atoms with Crippen LogP contribution in [0.3, 0.4) is 0 Å². The predicted molar refractivity (Wildman–Crippen MR) is 67.3 cm³/mol. The number of benzene rings is 1. The predicted octanol–water partition coefficient (Wildman–Crippen LogP) is 2.66. The van der Waals surface area contributed by atoms with Gasteiger partial charge in [-0.25, -0.2) is 4.98 Å². The summed E-state index contributed by atoms with van der Waals surface area (Å²) < 4.78 is 5.83. The van der Waals surface area contributed by atoms with Crippen LogP contribution in [-0.2, 0) is 11.3 Å². The quantitative estimate of drug-likeness (QED) is 0.777.